The van der Waals surface area contributed by atoms with E-state index in [1.165, 1.54) is 53.8 Å². The zero-order valence-corrected chi connectivity index (χ0v) is 22.9. The normalized spacial score (nSPS) is 13.1. The monoisotopic (exact) mass is 586 g/mol. The lowest BCUT2D eigenvalue weighted by molar-refractivity contribution is 0.0964. The third-order valence-corrected chi connectivity index (χ3v) is 7.71. The van der Waals surface area contributed by atoms with Crippen LogP contribution in [0.25, 0.3) is 22.3 Å². The van der Waals surface area contributed by atoms with Gasteiger partial charge in [-0.25, -0.2) is 12.8 Å². The Balaban J connectivity index is 1.57. The van der Waals surface area contributed by atoms with Crippen molar-refractivity contribution in [2.75, 3.05) is 17.9 Å². The Bertz CT molecular complexity index is 1650. The van der Waals surface area contributed by atoms with Crippen molar-refractivity contribution < 1.29 is 36.8 Å². The Labute approximate surface area is 236 Å². The van der Waals surface area contributed by atoms with Gasteiger partial charge in [-0.3, -0.25) is 9.10 Å². The molecule has 0 radical (unpaired) electrons. The van der Waals surface area contributed by atoms with Crippen molar-refractivity contribution in [3.63, 3.8) is 0 Å². The summed E-state index contributed by atoms with van der Waals surface area (Å²) in [7, 11) is -3.26. The van der Waals surface area contributed by atoms with E-state index in [2.05, 4.69) is 5.32 Å². The molecule has 9 nitrogen and oxygen atoms in total. The maximum Gasteiger partial charge on any atom is 0.491 e. The van der Waals surface area contributed by atoms with Crippen LogP contribution in [-0.4, -0.2) is 45.0 Å². The third kappa shape index (κ3) is 5.80. The Hall–Kier alpha value is -3.58. The van der Waals surface area contributed by atoms with Gasteiger partial charge < -0.3 is 24.5 Å². The van der Waals surface area contributed by atoms with Crippen molar-refractivity contribution in [1.82, 2.24) is 5.32 Å². The molecule has 1 fully saturated rings. The maximum absolute atomic E-state index is 13.6. The number of amides is 1. The quantitative estimate of drug-likeness (QED) is 0.163. The SMILES string of the molecule is CNC(=O)c1c(-c2ccc(F)cc2)oc2cc(CN(c3ccc(OCB(O)O)c(Cl)c3)[SH](=O)=O)c(C3CC3)cc12. The summed E-state index contributed by atoms with van der Waals surface area (Å²) < 4.78 is 50.9. The number of benzene rings is 3. The summed E-state index contributed by atoms with van der Waals surface area (Å²) in [5.74, 6) is -0.114. The van der Waals surface area contributed by atoms with Crippen LogP contribution < -0.4 is 14.4 Å². The summed E-state index contributed by atoms with van der Waals surface area (Å²) in [5.41, 5.74) is 3.14. The first-order valence-corrected chi connectivity index (χ1v) is 13.9. The van der Waals surface area contributed by atoms with Crippen molar-refractivity contribution in [1.29, 1.82) is 0 Å². The topological polar surface area (TPSA) is 129 Å². The van der Waals surface area contributed by atoms with E-state index in [4.69, 9.17) is 30.8 Å². The van der Waals surface area contributed by atoms with Gasteiger partial charge in [0.05, 0.1) is 22.8 Å². The molecule has 3 N–H and O–H groups in total. The van der Waals surface area contributed by atoms with Gasteiger partial charge in [-0.05, 0) is 84.5 Å². The lowest BCUT2D eigenvalue weighted by atomic mass is 9.95. The first-order chi connectivity index (χ1) is 19.2. The van der Waals surface area contributed by atoms with Crippen LogP contribution in [0.2, 0.25) is 5.02 Å². The van der Waals surface area contributed by atoms with Gasteiger partial charge in [-0.1, -0.05) is 11.6 Å². The summed E-state index contributed by atoms with van der Waals surface area (Å²) in [6, 6.07) is 13.6. The number of anilines is 1. The highest BCUT2D eigenvalue weighted by Crippen LogP contribution is 2.45. The van der Waals surface area contributed by atoms with Crippen LogP contribution in [0.1, 0.15) is 40.2 Å². The molecule has 5 rings (SSSR count). The molecule has 1 amide bonds. The zero-order valence-electron chi connectivity index (χ0n) is 21.3. The Morgan fingerprint density at radius 3 is 2.50 bits per heavy atom. The molecule has 208 valence electrons. The highest BCUT2D eigenvalue weighted by molar-refractivity contribution is 7.74. The van der Waals surface area contributed by atoms with E-state index >= 15 is 0 Å². The van der Waals surface area contributed by atoms with Crippen LogP contribution in [0.4, 0.5) is 10.1 Å². The predicted molar refractivity (Wildman–Crippen MR) is 151 cm³/mol. The summed E-state index contributed by atoms with van der Waals surface area (Å²) in [6.07, 6.45) is 1.85. The van der Waals surface area contributed by atoms with E-state index < -0.39 is 30.3 Å². The number of hydrogen-bond acceptors (Lipinski definition) is 7. The zero-order chi connectivity index (χ0) is 28.6. The number of rotatable bonds is 10. The molecule has 3 aromatic carbocycles. The summed E-state index contributed by atoms with van der Waals surface area (Å²) in [6.45, 7) is -0.418. The minimum Gasteiger partial charge on any atom is -0.494 e. The van der Waals surface area contributed by atoms with Gasteiger partial charge in [0.1, 0.15) is 29.4 Å². The summed E-state index contributed by atoms with van der Waals surface area (Å²) >= 11 is 6.28. The Morgan fingerprint density at radius 2 is 1.90 bits per heavy atom. The lowest BCUT2D eigenvalue weighted by Crippen LogP contribution is -2.23. The van der Waals surface area contributed by atoms with Gasteiger partial charge in [-0.2, -0.15) is 0 Å². The number of ether oxygens (including phenoxy) is 1. The maximum atomic E-state index is 13.6. The number of carbonyl (C=O) groups excluding carboxylic acids is 1. The molecule has 0 atom stereocenters. The van der Waals surface area contributed by atoms with Crippen LogP contribution >= 0.6 is 11.6 Å². The average molecular weight is 587 g/mol. The van der Waals surface area contributed by atoms with Crippen LogP contribution in [0.5, 0.6) is 5.75 Å². The largest absolute Gasteiger partial charge is 0.494 e. The molecule has 0 spiro atoms. The number of thiol groups is 1. The van der Waals surface area contributed by atoms with Gasteiger partial charge in [0.15, 0.2) is 0 Å². The van der Waals surface area contributed by atoms with Crippen LogP contribution in [-0.2, 0) is 17.4 Å². The van der Waals surface area contributed by atoms with E-state index in [9.17, 15) is 17.6 Å². The molecule has 13 heteroatoms. The number of carbonyl (C=O) groups is 1. The summed E-state index contributed by atoms with van der Waals surface area (Å²) in [5, 5.41) is 21.4. The molecule has 1 saturated carbocycles. The van der Waals surface area contributed by atoms with E-state index in [1.54, 1.807) is 6.07 Å². The second kappa shape index (κ2) is 11.5. The molecule has 1 aliphatic rings. The standard InChI is InChI=1S/C27H25BClFN2O7S/c1-31-27(33)25-21-12-20(15-2-3-15)17(10-24(21)39-26(25)16-4-6-18(30)7-5-16)13-32(40(36)37)19-8-9-23(22(29)11-19)38-14-28(34)35/h4-12,15,34-35,40H,2-3,13-14H2,1H3,(H,31,33). The highest BCUT2D eigenvalue weighted by atomic mass is 35.5. The van der Waals surface area contributed by atoms with Crippen molar-refractivity contribution in [2.45, 2.75) is 25.3 Å². The second-order valence-corrected chi connectivity index (χ2v) is 10.8. The minimum atomic E-state index is -3.09. The molecule has 40 heavy (non-hydrogen) atoms. The smallest absolute Gasteiger partial charge is 0.491 e. The van der Waals surface area contributed by atoms with E-state index in [-0.39, 0.29) is 40.6 Å². The third-order valence-electron chi connectivity index (χ3n) is 6.65. The van der Waals surface area contributed by atoms with E-state index in [0.717, 1.165) is 18.4 Å². The number of furan rings is 1. The number of fused-ring (bicyclic) bond motifs is 1. The fraction of sp³-hybridized carbons (Fsp3) is 0.222. The fourth-order valence-electron chi connectivity index (χ4n) is 4.60. The molecular formula is C27H25BClFN2O7S. The first kappa shape index (κ1) is 28.0. The van der Waals surface area contributed by atoms with Gasteiger partial charge >= 0.3 is 7.12 Å². The highest BCUT2D eigenvalue weighted by Gasteiger charge is 2.30. The molecule has 0 aliphatic heterocycles. The molecule has 1 heterocycles. The predicted octanol–water partition coefficient (Wildman–Crippen LogP) is 4.05. The minimum absolute atomic E-state index is 0.0196. The molecular weight excluding hydrogens is 562 g/mol. The fourth-order valence-corrected chi connectivity index (χ4v) is 5.41. The van der Waals surface area contributed by atoms with Gasteiger partial charge in [0.2, 0.25) is 10.9 Å². The molecule has 1 aromatic heterocycles. The van der Waals surface area contributed by atoms with Crippen molar-refractivity contribution in [3.05, 3.63) is 82.1 Å². The van der Waals surface area contributed by atoms with Crippen molar-refractivity contribution >= 4 is 52.2 Å². The molecule has 4 aromatic rings. The number of hydrogen-bond donors (Lipinski definition) is 4. The van der Waals surface area contributed by atoms with Crippen molar-refractivity contribution in [3.8, 4) is 17.1 Å². The van der Waals surface area contributed by atoms with E-state index in [1.807, 2.05) is 6.07 Å². The van der Waals surface area contributed by atoms with Gasteiger partial charge in [-0.15, -0.1) is 0 Å². The Morgan fingerprint density at radius 1 is 1.18 bits per heavy atom. The summed E-state index contributed by atoms with van der Waals surface area (Å²) in [4.78, 5) is 12.9. The van der Waals surface area contributed by atoms with Gasteiger partial charge in [0, 0.05) is 18.0 Å². The molecule has 0 bridgehead atoms. The molecule has 0 saturated heterocycles. The first-order valence-electron chi connectivity index (χ1n) is 12.4. The second-order valence-electron chi connectivity index (χ2n) is 9.42. The van der Waals surface area contributed by atoms with E-state index in [0.29, 0.717) is 27.7 Å². The van der Waals surface area contributed by atoms with Gasteiger partial charge in [0.25, 0.3) is 5.91 Å². The van der Waals surface area contributed by atoms with Crippen LogP contribution in [0.15, 0.2) is 59.0 Å². The average Bonchev–Trinajstić information content (AvgIpc) is 3.70. The number of halogens is 2. The van der Waals surface area contributed by atoms with Crippen LogP contribution in [0, 0.1) is 5.82 Å². The molecule has 1 aliphatic carbocycles. The molecule has 0 unspecified atom stereocenters. The number of nitrogens with one attached hydrogen (secondary N) is 1. The lowest BCUT2D eigenvalue weighted by Gasteiger charge is -2.21. The van der Waals surface area contributed by atoms with Crippen molar-refractivity contribution in [2.24, 2.45) is 0 Å². The Kier molecular flexibility index (Phi) is 8.04. The van der Waals surface area contributed by atoms with Crippen LogP contribution in [0.3, 0.4) is 0 Å². The number of nitrogens with zero attached hydrogens (tertiary/aromatic N) is 1.